The summed E-state index contributed by atoms with van der Waals surface area (Å²) in [6.45, 7) is 2.07. The van der Waals surface area contributed by atoms with Gasteiger partial charge in [-0.05, 0) is 26.2 Å². The molecule has 0 aromatic carbocycles. The van der Waals surface area contributed by atoms with E-state index in [9.17, 15) is 4.79 Å². The number of ether oxygens (including phenoxy) is 1. The van der Waals surface area contributed by atoms with Crippen LogP contribution in [0.3, 0.4) is 0 Å². The summed E-state index contributed by atoms with van der Waals surface area (Å²) in [5.74, 6) is 0.395. The molecule has 0 bridgehead atoms. The zero-order valence-corrected chi connectivity index (χ0v) is 8.84. The number of Topliss-reactive ketones (excluding diaryl/α,β-unsaturated/α-hetero) is 1. The van der Waals surface area contributed by atoms with Crippen molar-refractivity contribution in [3.63, 3.8) is 0 Å². The summed E-state index contributed by atoms with van der Waals surface area (Å²) >= 11 is 0. The van der Waals surface area contributed by atoms with Crippen molar-refractivity contribution in [2.45, 2.75) is 63.6 Å². The Labute approximate surface area is 85.0 Å². The molecule has 3 fully saturated rings. The maximum atomic E-state index is 11.9. The molecule has 1 aliphatic heterocycles. The SMILES string of the molecule is CC1OC12C(=O)CCC21CCCCC1. The van der Waals surface area contributed by atoms with Gasteiger partial charge in [0.2, 0.25) is 0 Å². The molecule has 1 heterocycles. The van der Waals surface area contributed by atoms with E-state index >= 15 is 0 Å². The summed E-state index contributed by atoms with van der Waals surface area (Å²) in [6.07, 6.45) is 8.46. The first-order valence-electron chi connectivity index (χ1n) is 5.92. The van der Waals surface area contributed by atoms with Crippen LogP contribution in [0.4, 0.5) is 0 Å². The van der Waals surface area contributed by atoms with Gasteiger partial charge in [-0.1, -0.05) is 19.3 Å². The molecule has 2 unspecified atom stereocenters. The molecular weight excluding hydrogens is 176 g/mol. The zero-order chi connectivity index (χ0) is 9.81. The summed E-state index contributed by atoms with van der Waals surface area (Å²) in [6, 6.07) is 0. The fourth-order valence-corrected chi connectivity index (χ4v) is 3.96. The quantitative estimate of drug-likeness (QED) is 0.554. The first-order chi connectivity index (χ1) is 6.71. The maximum Gasteiger partial charge on any atom is 0.167 e. The molecule has 2 saturated carbocycles. The number of hydrogen-bond donors (Lipinski definition) is 0. The van der Waals surface area contributed by atoms with E-state index in [-0.39, 0.29) is 17.1 Å². The standard InChI is InChI=1S/C12H18O2/c1-9-12(14-9)10(13)5-8-11(12)6-3-2-4-7-11/h9H,2-8H2,1H3. The number of rotatable bonds is 0. The van der Waals surface area contributed by atoms with E-state index < -0.39 is 0 Å². The molecule has 2 aliphatic carbocycles. The van der Waals surface area contributed by atoms with Crippen molar-refractivity contribution < 1.29 is 9.53 Å². The van der Waals surface area contributed by atoms with E-state index in [0.29, 0.717) is 5.78 Å². The Balaban J connectivity index is 1.95. The van der Waals surface area contributed by atoms with Crippen molar-refractivity contribution >= 4 is 5.78 Å². The van der Waals surface area contributed by atoms with Gasteiger partial charge in [0.25, 0.3) is 0 Å². The van der Waals surface area contributed by atoms with Crippen LogP contribution in [0, 0.1) is 5.41 Å². The Morgan fingerprint density at radius 2 is 1.86 bits per heavy atom. The second kappa shape index (κ2) is 2.60. The fraction of sp³-hybridized carbons (Fsp3) is 0.917. The predicted octanol–water partition coefficient (Wildman–Crippen LogP) is 2.46. The predicted molar refractivity (Wildman–Crippen MR) is 53.0 cm³/mol. The van der Waals surface area contributed by atoms with Gasteiger partial charge in [0, 0.05) is 11.8 Å². The van der Waals surface area contributed by atoms with Gasteiger partial charge < -0.3 is 4.74 Å². The van der Waals surface area contributed by atoms with Crippen LogP contribution >= 0.6 is 0 Å². The van der Waals surface area contributed by atoms with Gasteiger partial charge >= 0.3 is 0 Å². The normalized spacial score (nSPS) is 44.9. The molecular formula is C12H18O2. The Morgan fingerprint density at radius 1 is 1.21 bits per heavy atom. The van der Waals surface area contributed by atoms with Gasteiger partial charge in [-0.2, -0.15) is 0 Å². The van der Waals surface area contributed by atoms with Crippen LogP contribution in [0.1, 0.15) is 51.9 Å². The molecule has 78 valence electrons. The van der Waals surface area contributed by atoms with Gasteiger partial charge in [0.1, 0.15) is 0 Å². The van der Waals surface area contributed by atoms with Crippen molar-refractivity contribution in [1.29, 1.82) is 0 Å². The molecule has 3 rings (SSSR count). The third-order valence-electron chi connectivity index (χ3n) is 4.72. The summed E-state index contributed by atoms with van der Waals surface area (Å²) in [5, 5.41) is 0. The minimum absolute atomic E-state index is 0.204. The van der Waals surface area contributed by atoms with E-state index in [4.69, 9.17) is 4.74 Å². The van der Waals surface area contributed by atoms with E-state index in [1.807, 2.05) is 0 Å². The van der Waals surface area contributed by atoms with Crippen LogP contribution < -0.4 is 0 Å². The molecule has 0 aromatic heterocycles. The van der Waals surface area contributed by atoms with Gasteiger partial charge in [-0.15, -0.1) is 0 Å². The molecule has 2 atom stereocenters. The molecule has 2 nitrogen and oxygen atoms in total. The summed E-state index contributed by atoms with van der Waals surface area (Å²) in [7, 11) is 0. The summed E-state index contributed by atoms with van der Waals surface area (Å²) in [4.78, 5) is 11.9. The maximum absolute atomic E-state index is 11.9. The topological polar surface area (TPSA) is 29.6 Å². The van der Waals surface area contributed by atoms with Gasteiger partial charge in [0.05, 0.1) is 6.10 Å². The minimum Gasteiger partial charge on any atom is -0.357 e. The summed E-state index contributed by atoms with van der Waals surface area (Å²) < 4.78 is 5.72. The van der Waals surface area contributed by atoms with Gasteiger partial charge in [0.15, 0.2) is 11.4 Å². The van der Waals surface area contributed by atoms with Crippen molar-refractivity contribution in [2.75, 3.05) is 0 Å². The van der Waals surface area contributed by atoms with Crippen LogP contribution in [0.5, 0.6) is 0 Å². The fourth-order valence-electron chi connectivity index (χ4n) is 3.96. The lowest BCUT2D eigenvalue weighted by molar-refractivity contribution is -0.124. The first kappa shape index (κ1) is 8.90. The number of carbonyl (C=O) groups excluding carboxylic acids is 1. The monoisotopic (exact) mass is 194 g/mol. The van der Waals surface area contributed by atoms with Crippen molar-refractivity contribution in [1.82, 2.24) is 0 Å². The van der Waals surface area contributed by atoms with Gasteiger partial charge in [-0.25, -0.2) is 0 Å². The van der Waals surface area contributed by atoms with Crippen LogP contribution in [0.2, 0.25) is 0 Å². The Kier molecular flexibility index (Phi) is 1.65. The molecule has 14 heavy (non-hydrogen) atoms. The van der Waals surface area contributed by atoms with Crippen molar-refractivity contribution in [3.05, 3.63) is 0 Å². The van der Waals surface area contributed by atoms with Crippen molar-refractivity contribution in [2.24, 2.45) is 5.41 Å². The lowest BCUT2D eigenvalue weighted by atomic mass is 9.66. The highest BCUT2D eigenvalue weighted by Gasteiger charge is 2.73. The average Bonchev–Trinajstić information content (AvgIpc) is 2.83. The number of carbonyl (C=O) groups is 1. The van der Waals surface area contributed by atoms with E-state index in [1.54, 1.807) is 0 Å². The Morgan fingerprint density at radius 3 is 2.43 bits per heavy atom. The third-order valence-corrected chi connectivity index (χ3v) is 4.72. The van der Waals surface area contributed by atoms with Crippen LogP contribution in [-0.2, 0) is 9.53 Å². The molecule has 0 aromatic rings. The zero-order valence-electron chi connectivity index (χ0n) is 8.84. The summed E-state index contributed by atoms with van der Waals surface area (Å²) in [5.41, 5.74) is -0.0603. The molecule has 1 saturated heterocycles. The number of epoxide rings is 1. The molecule has 0 amide bonds. The Hall–Kier alpha value is -0.370. The molecule has 0 radical (unpaired) electrons. The van der Waals surface area contributed by atoms with E-state index in [0.717, 1.165) is 12.8 Å². The first-order valence-corrected chi connectivity index (χ1v) is 5.92. The van der Waals surface area contributed by atoms with Gasteiger partial charge in [-0.3, -0.25) is 4.79 Å². The smallest absolute Gasteiger partial charge is 0.167 e. The lowest BCUT2D eigenvalue weighted by Gasteiger charge is -2.36. The van der Waals surface area contributed by atoms with Crippen LogP contribution in [-0.4, -0.2) is 17.5 Å². The van der Waals surface area contributed by atoms with Crippen LogP contribution in [0.25, 0.3) is 0 Å². The average molecular weight is 194 g/mol. The molecule has 0 N–H and O–H groups in total. The number of hydrogen-bond acceptors (Lipinski definition) is 2. The highest BCUT2D eigenvalue weighted by atomic mass is 16.6. The second-order valence-electron chi connectivity index (χ2n) is 5.26. The highest BCUT2D eigenvalue weighted by Crippen LogP contribution is 2.63. The van der Waals surface area contributed by atoms with Crippen molar-refractivity contribution in [3.8, 4) is 0 Å². The molecule has 2 spiro atoms. The number of ketones is 1. The molecule has 2 heteroatoms. The third kappa shape index (κ3) is 0.837. The number of fused-ring (bicyclic) bond motifs is 1. The second-order valence-corrected chi connectivity index (χ2v) is 5.26. The van der Waals surface area contributed by atoms with E-state index in [1.165, 1.54) is 32.1 Å². The lowest BCUT2D eigenvalue weighted by Crippen LogP contribution is -2.40. The van der Waals surface area contributed by atoms with Crippen LogP contribution in [0.15, 0.2) is 0 Å². The van der Waals surface area contributed by atoms with E-state index in [2.05, 4.69) is 6.92 Å². The largest absolute Gasteiger partial charge is 0.357 e. The Bertz CT molecular complexity index is 278. The molecule has 3 aliphatic rings. The minimum atomic E-state index is -0.312. The highest BCUT2D eigenvalue weighted by molar-refractivity contribution is 5.94.